The number of amides is 1. The molecule has 0 aliphatic heterocycles. The van der Waals surface area contributed by atoms with Gasteiger partial charge in [0.25, 0.3) is 5.91 Å². The molecule has 1 N–H and O–H groups in total. The topological polar surface area (TPSA) is 85.4 Å². The van der Waals surface area contributed by atoms with E-state index in [2.05, 4.69) is 10.3 Å². The normalized spacial score (nSPS) is 12.1. The molecule has 6 nitrogen and oxygen atoms in total. The van der Waals surface area contributed by atoms with Crippen LogP contribution in [0.2, 0.25) is 0 Å². The maximum atomic E-state index is 12.5. The number of carbonyl (C=O) groups is 3. The number of pyridine rings is 1. The molecule has 2 rings (SSSR count). The van der Waals surface area contributed by atoms with Crippen LogP contribution in [-0.2, 0) is 14.3 Å². The third-order valence-electron chi connectivity index (χ3n) is 3.95. The smallest absolute Gasteiger partial charge is 0.329 e. The van der Waals surface area contributed by atoms with E-state index < -0.39 is 23.3 Å². The number of aromatic nitrogens is 1. The van der Waals surface area contributed by atoms with Gasteiger partial charge < -0.3 is 10.1 Å². The highest BCUT2D eigenvalue weighted by molar-refractivity contribution is 8.13. The van der Waals surface area contributed by atoms with Crippen LogP contribution in [0.1, 0.15) is 31.1 Å². The van der Waals surface area contributed by atoms with Crippen molar-refractivity contribution >= 4 is 28.8 Å². The fraction of sp³-hybridized carbons (Fsp3) is 0.333. The number of esters is 1. The van der Waals surface area contributed by atoms with E-state index in [0.717, 1.165) is 22.9 Å². The van der Waals surface area contributed by atoms with Crippen molar-refractivity contribution in [3.05, 3.63) is 54.4 Å². The van der Waals surface area contributed by atoms with Crippen LogP contribution in [-0.4, -0.2) is 40.9 Å². The summed E-state index contributed by atoms with van der Waals surface area (Å²) in [6.07, 6.45) is 3.40. The average Bonchev–Trinajstić information content (AvgIpc) is 2.70. The largest absolute Gasteiger partial charge is 0.467 e. The lowest BCUT2D eigenvalue weighted by Crippen LogP contribution is -2.43. The maximum absolute atomic E-state index is 12.5. The summed E-state index contributed by atoms with van der Waals surface area (Å²) in [4.78, 5) is 40.6. The molecule has 1 unspecified atom stereocenters. The molecule has 1 heterocycles. The van der Waals surface area contributed by atoms with Crippen LogP contribution >= 0.6 is 11.8 Å². The standard InChI is InChI=1S/C21H24N2O4S/c1-21(2,3)20(26)28-13-17(19(25)27-4)23-18(24)16-7-5-14(6-8-16)15-9-11-22-12-10-15/h5-12,17H,13H2,1-4H3,(H,23,24). The molecule has 28 heavy (non-hydrogen) atoms. The lowest BCUT2D eigenvalue weighted by atomic mass is 10.00. The van der Waals surface area contributed by atoms with E-state index in [1.807, 2.05) is 24.3 Å². The second-order valence-electron chi connectivity index (χ2n) is 7.21. The van der Waals surface area contributed by atoms with Crippen LogP contribution in [0, 0.1) is 5.41 Å². The first kappa shape index (κ1) is 21.6. The second-order valence-corrected chi connectivity index (χ2v) is 8.20. The molecule has 0 spiro atoms. The third-order valence-corrected chi connectivity index (χ3v) is 5.32. The summed E-state index contributed by atoms with van der Waals surface area (Å²) in [5.41, 5.74) is 1.83. The molecule has 7 heteroatoms. The minimum Gasteiger partial charge on any atom is -0.467 e. The fourth-order valence-electron chi connectivity index (χ4n) is 2.29. The Morgan fingerprint density at radius 2 is 1.61 bits per heavy atom. The van der Waals surface area contributed by atoms with Crippen LogP contribution in [0.25, 0.3) is 11.1 Å². The van der Waals surface area contributed by atoms with E-state index in [4.69, 9.17) is 4.74 Å². The van der Waals surface area contributed by atoms with Crippen LogP contribution in [0.5, 0.6) is 0 Å². The summed E-state index contributed by atoms with van der Waals surface area (Å²) < 4.78 is 4.76. The number of rotatable bonds is 6. The quantitative estimate of drug-likeness (QED) is 0.749. The zero-order chi connectivity index (χ0) is 20.7. The first-order valence-corrected chi connectivity index (χ1v) is 9.77. The van der Waals surface area contributed by atoms with Crippen molar-refractivity contribution in [1.29, 1.82) is 0 Å². The number of carbonyl (C=O) groups excluding carboxylic acids is 3. The summed E-state index contributed by atoms with van der Waals surface area (Å²) in [6, 6.07) is 9.88. The summed E-state index contributed by atoms with van der Waals surface area (Å²) in [5.74, 6) is -0.875. The predicted molar refractivity (Wildman–Crippen MR) is 110 cm³/mol. The van der Waals surface area contributed by atoms with Crippen molar-refractivity contribution in [3.63, 3.8) is 0 Å². The van der Waals surface area contributed by atoms with Gasteiger partial charge in [-0.2, -0.15) is 0 Å². The van der Waals surface area contributed by atoms with Gasteiger partial charge >= 0.3 is 5.97 Å². The van der Waals surface area contributed by atoms with Crippen LogP contribution in [0.4, 0.5) is 0 Å². The van der Waals surface area contributed by atoms with E-state index in [1.165, 1.54) is 7.11 Å². The molecule has 0 saturated carbocycles. The van der Waals surface area contributed by atoms with Crippen molar-refractivity contribution in [2.75, 3.05) is 12.9 Å². The predicted octanol–water partition coefficient (Wildman–Crippen LogP) is 3.33. The molecule has 0 bridgehead atoms. The third kappa shape index (κ3) is 5.92. The number of nitrogens with one attached hydrogen (secondary N) is 1. The van der Waals surface area contributed by atoms with E-state index in [1.54, 1.807) is 45.3 Å². The van der Waals surface area contributed by atoms with Crippen LogP contribution in [0.15, 0.2) is 48.8 Å². The molecule has 2 aromatic rings. The fourth-order valence-corrected chi connectivity index (χ4v) is 3.26. The van der Waals surface area contributed by atoms with Crippen molar-refractivity contribution in [1.82, 2.24) is 10.3 Å². The molecule has 0 aliphatic rings. The first-order chi connectivity index (χ1) is 13.2. The van der Waals surface area contributed by atoms with E-state index in [0.29, 0.717) is 5.56 Å². The molecule has 1 amide bonds. The molecule has 0 fully saturated rings. The second kappa shape index (κ2) is 9.50. The molecule has 0 radical (unpaired) electrons. The Hall–Kier alpha value is -2.67. The molecule has 1 atom stereocenters. The van der Waals surface area contributed by atoms with Crippen LogP contribution in [0.3, 0.4) is 0 Å². The lowest BCUT2D eigenvalue weighted by molar-refractivity contribution is -0.142. The van der Waals surface area contributed by atoms with E-state index in [-0.39, 0.29) is 10.9 Å². The van der Waals surface area contributed by atoms with Crippen LogP contribution < -0.4 is 5.32 Å². The Morgan fingerprint density at radius 1 is 1.04 bits per heavy atom. The highest BCUT2D eigenvalue weighted by atomic mass is 32.2. The number of methoxy groups -OCH3 is 1. The first-order valence-electron chi connectivity index (χ1n) is 8.78. The molecule has 1 aromatic carbocycles. The van der Waals surface area contributed by atoms with Gasteiger partial charge in [-0.25, -0.2) is 4.79 Å². The summed E-state index contributed by atoms with van der Waals surface area (Å²) >= 11 is 1.01. The van der Waals surface area contributed by atoms with Gasteiger partial charge in [0.15, 0.2) is 5.12 Å². The number of ether oxygens (including phenoxy) is 1. The zero-order valence-corrected chi connectivity index (χ0v) is 17.2. The van der Waals surface area contributed by atoms with Gasteiger partial charge in [-0.15, -0.1) is 0 Å². The minimum atomic E-state index is -0.909. The SMILES string of the molecule is COC(=O)C(CSC(=O)C(C)(C)C)NC(=O)c1ccc(-c2ccncc2)cc1. The maximum Gasteiger partial charge on any atom is 0.329 e. The molecule has 148 valence electrons. The Bertz CT molecular complexity index is 830. The summed E-state index contributed by atoms with van der Waals surface area (Å²) in [6.45, 7) is 5.41. The van der Waals surface area contributed by atoms with Gasteiger partial charge in [0.05, 0.1) is 7.11 Å². The monoisotopic (exact) mass is 400 g/mol. The van der Waals surface area contributed by atoms with Crippen molar-refractivity contribution in [2.45, 2.75) is 26.8 Å². The van der Waals surface area contributed by atoms with Gasteiger partial charge in [0.1, 0.15) is 6.04 Å². The Labute approximate surface area is 169 Å². The van der Waals surface area contributed by atoms with E-state index in [9.17, 15) is 14.4 Å². The number of hydrogen-bond donors (Lipinski definition) is 1. The minimum absolute atomic E-state index is 0.0580. The van der Waals surface area contributed by atoms with Crippen molar-refractivity contribution < 1.29 is 19.1 Å². The molecular formula is C21H24N2O4S. The Morgan fingerprint density at radius 3 is 2.14 bits per heavy atom. The van der Waals surface area contributed by atoms with Gasteiger partial charge in [0.2, 0.25) is 0 Å². The highest BCUT2D eigenvalue weighted by Crippen LogP contribution is 2.23. The highest BCUT2D eigenvalue weighted by Gasteiger charge is 2.27. The number of benzene rings is 1. The Kier molecular flexibility index (Phi) is 7.34. The summed E-state index contributed by atoms with van der Waals surface area (Å²) in [5, 5.41) is 2.60. The van der Waals surface area contributed by atoms with Crippen molar-refractivity contribution in [2.24, 2.45) is 5.41 Å². The number of nitrogens with zero attached hydrogens (tertiary/aromatic N) is 1. The van der Waals surface area contributed by atoms with Crippen molar-refractivity contribution in [3.8, 4) is 11.1 Å². The number of hydrogen-bond acceptors (Lipinski definition) is 6. The zero-order valence-electron chi connectivity index (χ0n) is 16.4. The summed E-state index contributed by atoms with van der Waals surface area (Å²) in [7, 11) is 1.25. The molecule has 0 aliphatic carbocycles. The Balaban J connectivity index is 2.06. The average molecular weight is 401 g/mol. The number of thioether (sulfide) groups is 1. The van der Waals surface area contributed by atoms with Gasteiger partial charge in [-0.05, 0) is 35.4 Å². The molecule has 0 saturated heterocycles. The van der Waals surface area contributed by atoms with Gasteiger partial charge in [-0.3, -0.25) is 14.6 Å². The lowest BCUT2D eigenvalue weighted by Gasteiger charge is -2.19. The van der Waals surface area contributed by atoms with Gasteiger partial charge in [0, 0.05) is 29.1 Å². The van der Waals surface area contributed by atoms with E-state index >= 15 is 0 Å². The molecular weight excluding hydrogens is 376 g/mol. The molecule has 1 aromatic heterocycles. The van der Waals surface area contributed by atoms with Gasteiger partial charge in [-0.1, -0.05) is 44.7 Å².